The molecule has 2 aliphatic heterocycles. The third-order valence-corrected chi connectivity index (χ3v) is 3.91. The van der Waals surface area contributed by atoms with E-state index in [1.165, 1.54) is 17.6 Å². The number of hydroxylamine groups is 2. The van der Waals surface area contributed by atoms with Crippen molar-refractivity contribution < 1.29 is 9.23 Å². The molecule has 0 amide bonds. The van der Waals surface area contributed by atoms with Crippen LogP contribution in [0.25, 0.3) is 0 Å². The van der Waals surface area contributed by atoms with Gasteiger partial charge < -0.3 is 0 Å². The number of hydrogen-bond acceptors (Lipinski definition) is 3. The van der Waals surface area contributed by atoms with E-state index in [0.29, 0.717) is 6.54 Å². The second kappa shape index (κ2) is 5.41. The Kier molecular flexibility index (Phi) is 4.07. The van der Waals surface area contributed by atoms with Gasteiger partial charge in [0.1, 0.15) is 6.23 Å². The minimum absolute atomic E-state index is 0.0157. The zero-order chi connectivity index (χ0) is 13.2. The van der Waals surface area contributed by atoms with Gasteiger partial charge in [-0.25, -0.2) is 5.06 Å². The van der Waals surface area contributed by atoms with E-state index >= 15 is 0 Å². The number of allylic oxidation sites excluding steroid dienone is 2. The largest absolute Gasteiger partial charge is 0.276 e. The van der Waals surface area contributed by atoms with Crippen LogP contribution in [-0.2, 0) is 4.84 Å². The summed E-state index contributed by atoms with van der Waals surface area (Å²) >= 11 is 0. The van der Waals surface area contributed by atoms with Crippen molar-refractivity contribution in [3.8, 4) is 0 Å². The van der Waals surface area contributed by atoms with Gasteiger partial charge in [-0.2, -0.15) is 4.39 Å². The lowest BCUT2D eigenvalue weighted by molar-refractivity contribution is -0.270. The monoisotopic (exact) mass is 254 g/mol. The molecule has 0 aromatic carbocycles. The van der Waals surface area contributed by atoms with Crippen LogP contribution >= 0.6 is 0 Å². The topological polar surface area (TPSA) is 15.7 Å². The van der Waals surface area contributed by atoms with Gasteiger partial charge in [-0.1, -0.05) is 32.9 Å². The third kappa shape index (κ3) is 2.75. The molecule has 2 rings (SSSR count). The second-order valence-corrected chi connectivity index (χ2v) is 5.67. The van der Waals surface area contributed by atoms with Crippen LogP contribution in [0, 0.1) is 5.41 Å². The van der Waals surface area contributed by atoms with E-state index in [4.69, 9.17) is 4.84 Å². The molecule has 0 saturated carbocycles. The molecule has 0 aliphatic carbocycles. The van der Waals surface area contributed by atoms with Crippen molar-refractivity contribution in [1.29, 1.82) is 0 Å². The van der Waals surface area contributed by atoms with E-state index in [-0.39, 0.29) is 17.6 Å². The highest BCUT2D eigenvalue weighted by molar-refractivity contribution is 5.11. The molecule has 0 radical (unpaired) electrons. The lowest BCUT2D eigenvalue weighted by Gasteiger charge is -2.46. The van der Waals surface area contributed by atoms with Crippen LogP contribution in [0.1, 0.15) is 33.6 Å². The van der Waals surface area contributed by atoms with Crippen molar-refractivity contribution in [1.82, 2.24) is 9.96 Å². The number of hydrogen-bond donors (Lipinski definition) is 0. The van der Waals surface area contributed by atoms with Gasteiger partial charge in [0, 0.05) is 18.5 Å². The van der Waals surface area contributed by atoms with Crippen LogP contribution in [0.4, 0.5) is 4.39 Å². The first-order chi connectivity index (χ1) is 8.54. The quantitative estimate of drug-likeness (QED) is 0.701. The predicted octanol–water partition coefficient (Wildman–Crippen LogP) is 3.07. The number of rotatable bonds is 5. The van der Waals surface area contributed by atoms with Gasteiger partial charge >= 0.3 is 0 Å². The molecule has 0 aromatic heterocycles. The van der Waals surface area contributed by atoms with E-state index in [1.807, 2.05) is 6.08 Å². The van der Waals surface area contributed by atoms with Crippen LogP contribution in [0.5, 0.6) is 0 Å². The number of likely N-dealkylation sites (tertiary alicyclic amines) is 1. The zero-order valence-corrected chi connectivity index (χ0v) is 11.5. The van der Waals surface area contributed by atoms with E-state index in [0.717, 1.165) is 19.5 Å². The normalized spacial score (nSPS) is 22.7. The summed E-state index contributed by atoms with van der Waals surface area (Å²) in [6.45, 7) is 9.08. The van der Waals surface area contributed by atoms with Gasteiger partial charge in [0.2, 0.25) is 5.95 Å². The van der Waals surface area contributed by atoms with Crippen molar-refractivity contribution in [2.24, 2.45) is 5.41 Å². The molecular weight excluding hydrogens is 231 g/mol. The average molecular weight is 254 g/mol. The fourth-order valence-corrected chi connectivity index (χ4v) is 2.14. The third-order valence-electron chi connectivity index (χ3n) is 3.91. The molecular formula is C14H23FN2O. The molecule has 102 valence electrons. The molecule has 1 unspecified atom stereocenters. The summed E-state index contributed by atoms with van der Waals surface area (Å²) in [4.78, 5) is 8.21. The Morgan fingerprint density at radius 3 is 2.67 bits per heavy atom. The Balaban J connectivity index is 2.05. The standard InChI is InChI=1S/C14H23FN2O/c1-4-14(2,3)13(16-9-7-10-16)18-17-11-6-5-8-12(17)15/h5-6,8,13H,4,7,9-11H2,1-3H3. The van der Waals surface area contributed by atoms with Crippen molar-refractivity contribution in [3.05, 3.63) is 24.2 Å². The average Bonchev–Trinajstić information content (AvgIpc) is 2.28. The van der Waals surface area contributed by atoms with Crippen LogP contribution in [0.2, 0.25) is 0 Å². The van der Waals surface area contributed by atoms with Crippen LogP contribution < -0.4 is 0 Å². The van der Waals surface area contributed by atoms with E-state index in [9.17, 15) is 4.39 Å². The Bertz CT molecular complexity index is 348. The van der Waals surface area contributed by atoms with Gasteiger partial charge in [-0.05, 0) is 18.9 Å². The Labute approximate surface area is 109 Å². The molecule has 0 aromatic rings. The number of halogens is 1. The predicted molar refractivity (Wildman–Crippen MR) is 70.2 cm³/mol. The van der Waals surface area contributed by atoms with Gasteiger partial charge in [0.05, 0.1) is 6.54 Å². The second-order valence-electron chi connectivity index (χ2n) is 5.67. The first-order valence-corrected chi connectivity index (χ1v) is 6.75. The summed E-state index contributed by atoms with van der Waals surface area (Å²) in [5.41, 5.74) is 0.0157. The lowest BCUT2D eigenvalue weighted by Crippen LogP contribution is -2.55. The van der Waals surface area contributed by atoms with Gasteiger partial charge in [0.25, 0.3) is 0 Å². The summed E-state index contributed by atoms with van der Waals surface area (Å²) in [6.07, 6.45) is 7.21. The maximum Gasteiger partial charge on any atom is 0.213 e. The SMILES string of the molecule is CCC(C)(C)C(ON1CC=CC=C1F)N1CCC1. The van der Waals surface area contributed by atoms with E-state index in [1.54, 1.807) is 6.08 Å². The minimum atomic E-state index is -0.310. The first-order valence-electron chi connectivity index (χ1n) is 6.75. The molecule has 1 saturated heterocycles. The summed E-state index contributed by atoms with van der Waals surface area (Å²) in [5, 5.41) is 1.36. The van der Waals surface area contributed by atoms with Crippen molar-refractivity contribution in [2.75, 3.05) is 19.6 Å². The Morgan fingerprint density at radius 2 is 2.17 bits per heavy atom. The fourth-order valence-electron chi connectivity index (χ4n) is 2.14. The van der Waals surface area contributed by atoms with Crippen molar-refractivity contribution >= 4 is 0 Å². The van der Waals surface area contributed by atoms with Gasteiger partial charge in [-0.3, -0.25) is 9.74 Å². The first kappa shape index (κ1) is 13.6. The maximum atomic E-state index is 13.7. The van der Waals surface area contributed by atoms with Crippen molar-refractivity contribution in [3.63, 3.8) is 0 Å². The van der Waals surface area contributed by atoms with E-state index in [2.05, 4.69) is 25.7 Å². The molecule has 18 heavy (non-hydrogen) atoms. The Hall–Kier alpha value is -0.870. The van der Waals surface area contributed by atoms with Crippen molar-refractivity contribution in [2.45, 2.75) is 39.8 Å². The van der Waals surface area contributed by atoms with Crippen LogP contribution in [-0.4, -0.2) is 35.8 Å². The highest BCUT2D eigenvalue weighted by Crippen LogP contribution is 2.33. The summed E-state index contributed by atoms with van der Waals surface area (Å²) < 4.78 is 13.7. The highest BCUT2D eigenvalue weighted by atomic mass is 19.1. The van der Waals surface area contributed by atoms with Gasteiger partial charge in [0.15, 0.2) is 0 Å². The summed E-state index contributed by atoms with van der Waals surface area (Å²) in [5.74, 6) is -0.310. The molecule has 3 nitrogen and oxygen atoms in total. The lowest BCUT2D eigenvalue weighted by atomic mass is 9.86. The van der Waals surface area contributed by atoms with Crippen LogP contribution in [0.15, 0.2) is 24.2 Å². The molecule has 0 bridgehead atoms. The molecule has 0 spiro atoms. The molecule has 1 fully saturated rings. The molecule has 2 heterocycles. The molecule has 0 N–H and O–H groups in total. The molecule has 2 aliphatic rings. The number of nitrogens with zero attached hydrogens (tertiary/aromatic N) is 2. The minimum Gasteiger partial charge on any atom is -0.276 e. The highest BCUT2D eigenvalue weighted by Gasteiger charge is 2.38. The Morgan fingerprint density at radius 1 is 1.44 bits per heavy atom. The molecule has 1 atom stereocenters. The fraction of sp³-hybridized carbons (Fsp3) is 0.714. The summed E-state index contributed by atoms with van der Waals surface area (Å²) in [7, 11) is 0. The zero-order valence-electron chi connectivity index (χ0n) is 11.5. The van der Waals surface area contributed by atoms with Crippen LogP contribution in [0.3, 0.4) is 0 Å². The van der Waals surface area contributed by atoms with Gasteiger partial charge in [-0.15, -0.1) is 0 Å². The molecule has 4 heteroatoms. The maximum absolute atomic E-state index is 13.7. The summed E-state index contributed by atoms with van der Waals surface area (Å²) in [6, 6.07) is 0. The smallest absolute Gasteiger partial charge is 0.213 e. The van der Waals surface area contributed by atoms with E-state index < -0.39 is 0 Å².